The minimum Gasteiger partial charge on any atom is -0.748 e. The first-order chi connectivity index (χ1) is 5.79. The Morgan fingerprint density at radius 3 is 2.23 bits per heavy atom. The first kappa shape index (κ1) is 12.4. The third kappa shape index (κ3) is 4.23. The van der Waals surface area contributed by atoms with E-state index in [4.69, 9.17) is 5.11 Å². The summed E-state index contributed by atoms with van der Waals surface area (Å²) in [6.07, 6.45) is 0.215. The average Bonchev–Trinajstić information content (AvgIpc) is 1.96. The standard InChI is InChI=1S/C7H14O5S/c1-3-6(7(8)9)4-5(2)13(10,11)12/h5-6H,3-4H2,1-2H3,(H,8,9)(H,10,11,12)/p-1. The zero-order chi connectivity index (χ0) is 10.6. The van der Waals surface area contributed by atoms with Gasteiger partial charge in [0.25, 0.3) is 0 Å². The third-order valence-corrected chi connectivity index (χ3v) is 3.13. The maximum absolute atomic E-state index is 10.5. The molecule has 0 radical (unpaired) electrons. The molecule has 0 aliphatic heterocycles. The van der Waals surface area contributed by atoms with Crippen molar-refractivity contribution in [2.24, 2.45) is 5.92 Å². The van der Waals surface area contributed by atoms with Gasteiger partial charge in [0, 0.05) is 5.25 Å². The second-order valence-electron chi connectivity index (χ2n) is 2.98. The number of rotatable bonds is 5. The molecule has 6 heteroatoms. The van der Waals surface area contributed by atoms with Crippen LogP contribution >= 0.6 is 0 Å². The topological polar surface area (TPSA) is 94.5 Å². The number of hydrogen-bond acceptors (Lipinski definition) is 4. The maximum Gasteiger partial charge on any atom is 0.306 e. The van der Waals surface area contributed by atoms with Crippen LogP contribution in [-0.2, 0) is 14.9 Å². The molecule has 78 valence electrons. The molecule has 0 saturated carbocycles. The fourth-order valence-corrected chi connectivity index (χ4v) is 1.43. The van der Waals surface area contributed by atoms with Crippen molar-refractivity contribution in [1.29, 1.82) is 0 Å². The zero-order valence-corrected chi connectivity index (χ0v) is 8.37. The Labute approximate surface area is 77.5 Å². The van der Waals surface area contributed by atoms with E-state index in [2.05, 4.69) is 0 Å². The Morgan fingerprint density at radius 2 is 2.00 bits per heavy atom. The van der Waals surface area contributed by atoms with Gasteiger partial charge in [-0.1, -0.05) is 6.92 Å². The van der Waals surface area contributed by atoms with Crippen LogP contribution in [0, 0.1) is 5.92 Å². The third-order valence-electron chi connectivity index (χ3n) is 1.95. The van der Waals surface area contributed by atoms with Gasteiger partial charge in [-0.05, 0) is 19.8 Å². The summed E-state index contributed by atoms with van der Waals surface area (Å²) in [7, 11) is -4.35. The first-order valence-corrected chi connectivity index (χ1v) is 5.43. The van der Waals surface area contributed by atoms with Crippen molar-refractivity contribution < 1.29 is 22.9 Å². The largest absolute Gasteiger partial charge is 0.748 e. The lowest BCUT2D eigenvalue weighted by atomic mass is 10.0. The van der Waals surface area contributed by atoms with Gasteiger partial charge in [0.1, 0.15) is 0 Å². The van der Waals surface area contributed by atoms with Crippen molar-refractivity contribution >= 4 is 16.1 Å². The highest BCUT2D eigenvalue weighted by Gasteiger charge is 2.21. The van der Waals surface area contributed by atoms with E-state index in [1.807, 2.05) is 0 Å². The molecule has 0 fully saturated rings. The first-order valence-electron chi connectivity index (χ1n) is 3.96. The highest BCUT2D eigenvalue weighted by molar-refractivity contribution is 7.86. The quantitative estimate of drug-likeness (QED) is 0.662. The Hall–Kier alpha value is -0.620. The molecular weight excluding hydrogens is 196 g/mol. The predicted molar refractivity (Wildman–Crippen MR) is 45.2 cm³/mol. The van der Waals surface area contributed by atoms with E-state index in [0.717, 1.165) is 0 Å². The van der Waals surface area contributed by atoms with Crippen LogP contribution in [0.3, 0.4) is 0 Å². The summed E-state index contributed by atoms with van der Waals surface area (Å²) in [5, 5.41) is 7.46. The van der Waals surface area contributed by atoms with E-state index in [1.165, 1.54) is 6.92 Å². The van der Waals surface area contributed by atoms with Gasteiger partial charge in [-0.25, -0.2) is 8.42 Å². The van der Waals surface area contributed by atoms with Crippen LogP contribution in [0.1, 0.15) is 26.7 Å². The minimum atomic E-state index is -4.35. The summed E-state index contributed by atoms with van der Waals surface area (Å²) in [5.41, 5.74) is 0. The van der Waals surface area contributed by atoms with Crippen molar-refractivity contribution in [3.05, 3.63) is 0 Å². The minimum absolute atomic E-state index is 0.113. The summed E-state index contributed by atoms with van der Waals surface area (Å²) in [6.45, 7) is 2.87. The average molecular weight is 209 g/mol. The Kier molecular flexibility index (Phi) is 4.35. The van der Waals surface area contributed by atoms with Gasteiger partial charge in [-0.15, -0.1) is 0 Å². The summed E-state index contributed by atoms with van der Waals surface area (Å²) < 4.78 is 31.4. The summed E-state index contributed by atoms with van der Waals surface area (Å²) in [4.78, 5) is 10.5. The fraction of sp³-hybridized carbons (Fsp3) is 0.857. The van der Waals surface area contributed by atoms with Gasteiger partial charge < -0.3 is 9.66 Å². The van der Waals surface area contributed by atoms with Crippen molar-refractivity contribution in [2.75, 3.05) is 0 Å². The van der Waals surface area contributed by atoms with Gasteiger partial charge in [0.15, 0.2) is 0 Å². The monoisotopic (exact) mass is 209 g/mol. The van der Waals surface area contributed by atoms with Gasteiger partial charge in [-0.2, -0.15) is 0 Å². The molecule has 0 bridgehead atoms. The molecule has 2 unspecified atom stereocenters. The van der Waals surface area contributed by atoms with E-state index in [0.29, 0.717) is 6.42 Å². The number of aliphatic carboxylic acids is 1. The Morgan fingerprint density at radius 1 is 1.54 bits per heavy atom. The van der Waals surface area contributed by atoms with Crippen molar-refractivity contribution in [3.63, 3.8) is 0 Å². The lowest BCUT2D eigenvalue weighted by molar-refractivity contribution is -0.142. The Balaban J connectivity index is 4.34. The maximum atomic E-state index is 10.5. The molecule has 0 spiro atoms. The molecule has 0 heterocycles. The molecule has 13 heavy (non-hydrogen) atoms. The van der Waals surface area contributed by atoms with Crippen LogP contribution in [0.5, 0.6) is 0 Å². The van der Waals surface area contributed by atoms with Crippen LogP contribution in [0.2, 0.25) is 0 Å². The van der Waals surface area contributed by atoms with E-state index >= 15 is 0 Å². The van der Waals surface area contributed by atoms with Crippen molar-refractivity contribution in [3.8, 4) is 0 Å². The molecule has 0 aliphatic carbocycles. The van der Waals surface area contributed by atoms with Gasteiger partial charge in [0.2, 0.25) is 0 Å². The number of hydrogen-bond donors (Lipinski definition) is 1. The van der Waals surface area contributed by atoms with Gasteiger partial charge in [0.05, 0.1) is 16.0 Å². The van der Waals surface area contributed by atoms with E-state index in [1.54, 1.807) is 6.92 Å². The second-order valence-corrected chi connectivity index (χ2v) is 4.77. The van der Waals surface area contributed by atoms with Crippen molar-refractivity contribution in [2.45, 2.75) is 31.9 Å². The second kappa shape index (κ2) is 4.57. The lowest BCUT2D eigenvalue weighted by Crippen LogP contribution is -2.24. The van der Waals surface area contributed by atoms with E-state index < -0.39 is 27.3 Å². The van der Waals surface area contributed by atoms with E-state index in [-0.39, 0.29) is 6.42 Å². The molecule has 0 aromatic heterocycles. The van der Waals surface area contributed by atoms with Crippen LogP contribution in [0.25, 0.3) is 0 Å². The van der Waals surface area contributed by atoms with Gasteiger partial charge >= 0.3 is 5.97 Å². The number of carboxylic acid groups (broad SMARTS) is 1. The summed E-state index contributed by atoms with van der Waals surface area (Å²) in [5.74, 6) is -1.81. The fourth-order valence-electron chi connectivity index (χ4n) is 0.961. The predicted octanol–water partition coefficient (Wildman–Crippen LogP) is 0.421. The molecule has 0 aromatic rings. The molecule has 5 nitrogen and oxygen atoms in total. The van der Waals surface area contributed by atoms with Crippen LogP contribution in [-0.4, -0.2) is 29.3 Å². The number of carboxylic acids is 1. The van der Waals surface area contributed by atoms with Crippen LogP contribution in [0.4, 0.5) is 0 Å². The van der Waals surface area contributed by atoms with Crippen LogP contribution < -0.4 is 0 Å². The highest BCUT2D eigenvalue weighted by Crippen LogP contribution is 2.15. The molecule has 0 saturated heterocycles. The summed E-state index contributed by atoms with van der Waals surface area (Å²) in [6, 6.07) is 0. The smallest absolute Gasteiger partial charge is 0.306 e. The normalized spacial score (nSPS) is 16.5. The molecular formula is C7H13O5S-. The molecule has 0 amide bonds. The van der Waals surface area contributed by atoms with Crippen LogP contribution in [0.15, 0.2) is 0 Å². The van der Waals surface area contributed by atoms with E-state index in [9.17, 15) is 17.8 Å². The lowest BCUT2D eigenvalue weighted by Gasteiger charge is -2.18. The molecule has 0 aromatic carbocycles. The SMILES string of the molecule is CCC(CC(C)S(=O)(=O)[O-])C(=O)O. The summed E-state index contributed by atoms with van der Waals surface area (Å²) >= 11 is 0. The van der Waals surface area contributed by atoms with Crippen molar-refractivity contribution in [1.82, 2.24) is 0 Å². The Bertz CT molecular complexity index is 269. The van der Waals surface area contributed by atoms with Gasteiger partial charge in [-0.3, -0.25) is 4.79 Å². The zero-order valence-electron chi connectivity index (χ0n) is 7.56. The number of carbonyl (C=O) groups is 1. The molecule has 1 N–H and O–H groups in total. The molecule has 0 aliphatic rings. The molecule has 0 rings (SSSR count). The molecule has 2 atom stereocenters. The highest BCUT2D eigenvalue weighted by atomic mass is 32.2.